The third-order valence-corrected chi connectivity index (χ3v) is 4.70. The van der Waals surface area contributed by atoms with Gasteiger partial charge in [0.05, 0.1) is 18.7 Å². The Kier molecular flexibility index (Phi) is 7.30. The first-order valence-corrected chi connectivity index (χ1v) is 9.88. The number of benzene rings is 3. The van der Waals surface area contributed by atoms with Crippen molar-refractivity contribution in [3.8, 4) is 0 Å². The van der Waals surface area contributed by atoms with Crippen LogP contribution in [-0.2, 0) is 9.59 Å². The van der Waals surface area contributed by atoms with Crippen molar-refractivity contribution in [1.82, 2.24) is 10.7 Å². The van der Waals surface area contributed by atoms with E-state index in [1.54, 1.807) is 6.21 Å². The summed E-state index contributed by atoms with van der Waals surface area (Å²) in [5.74, 6) is -1.13. The molecule has 0 bridgehead atoms. The van der Waals surface area contributed by atoms with Crippen LogP contribution in [0.3, 0.4) is 0 Å². The molecule has 3 aromatic rings. The van der Waals surface area contributed by atoms with Gasteiger partial charge in [0.15, 0.2) is 0 Å². The van der Waals surface area contributed by atoms with Crippen molar-refractivity contribution in [2.45, 2.75) is 5.92 Å². The van der Waals surface area contributed by atoms with Crippen LogP contribution in [0.2, 0.25) is 0 Å². The second-order valence-electron chi connectivity index (χ2n) is 6.32. The number of nitrogens with one attached hydrogen (secondary N) is 2. The van der Waals surface area contributed by atoms with E-state index in [9.17, 15) is 9.59 Å². The van der Waals surface area contributed by atoms with Crippen molar-refractivity contribution in [3.63, 3.8) is 0 Å². The summed E-state index contributed by atoms with van der Waals surface area (Å²) >= 11 is 3.38. The average molecular weight is 450 g/mol. The van der Waals surface area contributed by atoms with Gasteiger partial charge in [-0.15, -0.1) is 0 Å². The molecule has 0 aliphatic heterocycles. The summed E-state index contributed by atoms with van der Waals surface area (Å²) in [5, 5.41) is 6.63. The molecule has 0 aliphatic rings. The van der Waals surface area contributed by atoms with Crippen LogP contribution in [0.1, 0.15) is 22.6 Å². The Morgan fingerprint density at radius 1 is 0.897 bits per heavy atom. The zero-order chi connectivity index (χ0) is 20.5. The van der Waals surface area contributed by atoms with Gasteiger partial charge in [-0.2, -0.15) is 5.10 Å². The molecule has 0 unspecified atom stereocenters. The Morgan fingerprint density at radius 3 is 2.10 bits per heavy atom. The molecule has 29 heavy (non-hydrogen) atoms. The molecule has 0 atom stereocenters. The lowest BCUT2D eigenvalue weighted by molar-refractivity contribution is -0.126. The zero-order valence-corrected chi connectivity index (χ0v) is 17.2. The van der Waals surface area contributed by atoms with Gasteiger partial charge < -0.3 is 5.32 Å². The fraction of sp³-hybridized carbons (Fsp3) is 0.0870. The highest BCUT2D eigenvalue weighted by Crippen LogP contribution is 2.24. The highest BCUT2D eigenvalue weighted by molar-refractivity contribution is 9.10. The number of hydrazone groups is 1. The zero-order valence-electron chi connectivity index (χ0n) is 15.6. The molecule has 2 amide bonds. The molecule has 6 heteroatoms. The number of nitrogens with zero attached hydrogens (tertiary/aromatic N) is 1. The summed E-state index contributed by atoms with van der Waals surface area (Å²) in [6.07, 6.45) is 1.54. The molecule has 0 aromatic heterocycles. The molecule has 146 valence electrons. The molecule has 0 spiro atoms. The fourth-order valence-corrected chi connectivity index (χ4v) is 3.28. The van der Waals surface area contributed by atoms with Crippen molar-refractivity contribution in [2.24, 2.45) is 5.10 Å². The molecule has 0 heterocycles. The molecule has 0 radical (unpaired) electrons. The smallest absolute Gasteiger partial charge is 0.259 e. The van der Waals surface area contributed by atoms with Gasteiger partial charge in [-0.25, -0.2) is 5.43 Å². The van der Waals surface area contributed by atoms with Gasteiger partial charge in [-0.1, -0.05) is 88.7 Å². The van der Waals surface area contributed by atoms with E-state index in [4.69, 9.17) is 0 Å². The molecule has 3 rings (SSSR count). The van der Waals surface area contributed by atoms with Gasteiger partial charge in [0, 0.05) is 4.47 Å². The van der Waals surface area contributed by atoms with E-state index in [1.165, 1.54) is 0 Å². The largest absolute Gasteiger partial charge is 0.346 e. The van der Waals surface area contributed by atoms with E-state index in [0.29, 0.717) is 0 Å². The van der Waals surface area contributed by atoms with Crippen molar-refractivity contribution < 1.29 is 9.59 Å². The molecule has 0 saturated heterocycles. The first-order valence-electron chi connectivity index (χ1n) is 9.08. The summed E-state index contributed by atoms with van der Waals surface area (Å²) in [6.45, 7) is -0.162. The third kappa shape index (κ3) is 6.12. The molecular weight excluding hydrogens is 430 g/mol. The Bertz CT molecular complexity index is 952. The molecule has 2 N–H and O–H groups in total. The highest BCUT2D eigenvalue weighted by atomic mass is 79.9. The Morgan fingerprint density at radius 2 is 1.52 bits per heavy atom. The standard InChI is InChI=1S/C23H20BrN3O2/c24-20-13-7-8-17(14-20)15-26-27-21(28)16-25-23(29)22(18-9-3-1-4-10-18)19-11-5-2-6-12-19/h1-15,22H,16H2,(H,25,29)(H,27,28). The number of carbonyl (C=O) groups is 2. The minimum atomic E-state index is -0.490. The fourth-order valence-electron chi connectivity index (χ4n) is 2.86. The van der Waals surface area contributed by atoms with Crippen LogP contribution < -0.4 is 10.7 Å². The van der Waals surface area contributed by atoms with E-state index in [1.807, 2.05) is 84.9 Å². The van der Waals surface area contributed by atoms with Gasteiger partial charge in [0.25, 0.3) is 5.91 Å². The normalized spacial score (nSPS) is 10.8. The lowest BCUT2D eigenvalue weighted by atomic mass is 9.90. The van der Waals surface area contributed by atoms with E-state index in [0.717, 1.165) is 21.2 Å². The lowest BCUT2D eigenvalue weighted by Gasteiger charge is -2.17. The second kappa shape index (κ2) is 10.3. The number of amides is 2. The van der Waals surface area contributed by atoms with Gasteiger partial charge in [0.1, 0.15) is 0 Å². The number of hydrogen-bond donors (Lipinski definition) is 2. The molecule has 0 saturated carbocycles. The highest BCUT2D eigenvalue weighted by Gasteiger charge is 2.22. The van der Waals surface area contributed by atoms with Crippen LogP contribution in [0.15, 0.2) is 94.5 Å². The maximum atomic E-state index is 12.8. The van der Waals surface area contributed by atoms with Crippen molar-refractivity contribution in [3.05, 3.63) is 106 Å². The maximum absolute atomic E-state index is 12.8. The Balaban J connectivity index is 1.60. The quantitative estimate of drug-likeness (QED) is 0.424. The minimum Gasteiger partial charge on any atom is -0.346 e. The molecular formula is C23H20BrN3O2. The number of hydrogen-bond acceptors (Lipinski definition) is 3. The van der Waals surface area contributed by atoms with Gasteiger partial charge in [-0.05, 0) is 28.8 Å². The third-order valence-electron chi connectivity index (χ3n) is 4.20. The summed E-state index contributed by atoms with van der Waals surface area (Å²) < 4.78 is 0.924. The van der Waals surface area contributed by atoms with E-state index in [2.05, 4.69) is 31.8 Å². The minimum absolute atomic E-state index is 0.162. The molecule has 0 aliphatic carbocycles. The average Bonchev–Trinajstić information content (AvgIpc) is 2.74. The summed E-state index contributed by atoms with van der Waals surface area (Å²) in [4.78, 5) is 24.9. The number of carbonyl (C=O) groups excluding carboxylic acids is 2. The summed E-state index contributed by atoms with van der Waals surface area (Å²) in [6, 6.07) is 26.5. The van der Waals surface area contributed by atoms with Gasteiger partial charge in [0.2, 0.25) is 5.91 Å². The predicted molar refractivity (Wildman–Crippen MR) is 118 cm³/mol. The first kappa shape index (κ1) is 20.5. The van der Waals surface area contributed by atoms with Gasteiger partial charge >= 0.3 is 0 Å². The van der Waals surface area contributed by atoms with Crippen LogP contribution in [0.4, 0.5) is 0 Å². The van der Waals surface area contributed by atoms with Crippen LogP contribution in [0, 0.1) is 0 Å². The van der Waals surface area contributed by atoms with Crippen LogP contribution >= 0.6 is 15.9 Å². The number of rotatable bonds is 7. The SMILES string of the molecule is O=C(CNC(=O)C(c1ccccc1)c1ccccc1)NN=Cc1cccc(Br)c1. The van der Waals surface area contributed by atoms with Crippen molar-refractivity contribution in [2.75, 3.05) is 6.54 Å². The van der Waals surface area contributed by atoms with E-state index >= 15 is 0 Å². The molecule has 0 fully saturated rings. The topological polar surface area (TPSA) is 70.6 Å². The predicted octanol–water partition coefficient (Wildman–Crippen LogP) is 3.85. The molecule has 3 aromatic carbocycles. The summed E-state index contributed by atoms with van der Waals surface area (Å²) in [7, 11) is 0. The number of halogens is 1. The molecule has 5 nitrogen and oxygen atoms in total. The van der Waals surface area contributed by atoms with Gasteiger partial charge in [-0.3, -0.25) is 9.59 Å². The monoisotopic (exact) mass is 449 g/mol. The van der Waals surface area contributed by atoms with E-state index in [-0.39, 0.29) is 12.5 Å². The Hall–Kier alpha value is -3.25. The van der Waals surface area contributed by atoms with Crippen LogP contribution in [0.5, 0.6) is 0 Å². The lowest BCUT2D eigenvalue weighted by Crippen LogP contribution is -2.37. The summed E-state index contributed by atoms with van der Waals surface area (Å²) in [5.41, 5.74) is 5.00. The first-order chi connectivity index (χ1) is 14.1. The van der Waals surface area contributed by atoms with E-state index < -0.39 is 11.8 Å². The Labute approximate surface area is 178 Å². The van der Waals surface area contributed by atoms with Crippen molar-refractivity contribution in [1.29, 1.82) is 0 Å². The second-order valence-corrected chi connectivity index (χ2v) is 7.24. The van der Waals surface area contributed by atoms with Crippen molar-refractivity contribution >= 4 is 34.0 Å². The van der Waals surface area contributed by atoms with Crippen LogP contribution in [-0.4, -0.2) is 24.6 Å². The maximum Gasteiger partial charge on any atom is 0.259 e. The van der Waals surface area contributed by atoms with Crippen LogP contribution in [0.25, 0.3) is 0 Å².